The summed E-state index contributed by atoms with van der Waals surface area (Å²) in [5, 5.41) is 0.102. The standard InChI is InChI=1S/C11H15ClN2O2/c1-6-3-4-8(7(6)2)14-10(15)5-9(12)13-11(14)16/h5-8H,3-4H2,1-2H3,(H,13,16). The lowest BCUT2D eigenvalue weighted by molar-refractivity contribution is 0.337. The molecule has 3 atom stereocenters. The Hall–Kier alpha value is -1.03. The van der Waals surface area contributed by atoms with Gasteiger partial charge in [0.2, 0.25) is 0 Å². The van der Waals surface area contributed by atoms with E-state index in [1.807, 2.05) is 0 Å². The molecule has 1 aromatic heterocycles. The Morgan fingerprint density at radius 3 is 2.56 bits per heavy atom. The zero-order valence-corrected chi connectivity index (χ0v) is 10.1. The molecule has 1 aromatic rings. The number of nitrogens with one attached hydrogen (secondary N) is 1. The smallest absolute Gasteiger partial charge is 0.298 e. The fraction of sp³-hybridized carbons (Fsp3) is 0.636. The van der Waals surface area contributed by atoms with Crippen LogP contribution in [0.2, 0.25) is 5.15 Å². The summed E-state index contributed by atoms with van der Waals surface area (Å²) in [4.78, 5) is 25.9. The Morgan fingerprint density at radius 1 is 1.38 bits per heavy atom. The maximum Gasteiger partial charge on any atom is 0.329 e. The predicted octanol–water partition coefficient (Wildman–Crippen LogP) is 1.80. The molecule has 0 aliphatic heterocycles. The Balaban J connectivity index is 2.50. The number of halogens is 1. The molecule has 2 rings (SSSR count). The molecule has 5 heteroatoms. The van der Waals surface area contributed by atoms with E-state index in [9.17, 15) is 9.59 Å². The molecule has 1 fully saturated rings. The average Bonchev–Trinajstić information content (AvgIpc) is 2.48. The van der Waals surface area contributed by atoms with Crippen LogP contribution in [0.5, 0.6) is 0 Å². The number of aromatic amines is 1. The van der Waals surface area contributed by atoms with Gasteiger partial charge in [0.05, 0.1) is 0 Å². The van der Waals surface area contributed by atoms with Crippen LogP contribution in [-0.4, -0.2) is 9.55 Å². The van der Waals surface area contributed by atoms with Gasteiger partial charge in [-0.1, -0.05) is 25.4 Å². The summed E-state index contributed by atoms with van der Waals surface area (Å²) in [6, 6.07) is 1.27. The third kappa shape index (κ3) is 1.82. The lowest BCUT2D eigenvalue weighted by atomic mass is 9.98. The number of hydrogen-bond acceptors (Lipinski definition) is 2. The predicted molar refractivity (Wildman–Crippen MR) is 62.9 cm³/mol. The monoisotopic (exact) mass is 242 g/mol. The maximum absolute atomic E-state index is 11.8. The van der Waals surface area contributed by atoms with Gasteiger partial charge < -0.3 is 0 Å². The van der Waals surface area contributed by atoms with Crippen molar-refractivity contribution in [3.63, 3.8) is 0 Å². The number of nitrogens with zero attached hydrogens (tertiary/aromatic N) is 1. The van der Waals surface area contributed by atoms with Crippen LogP contribution in [0.15, 0.2) is 15.7 Å². The summed E-state index contributed by atoms with van der Waals surface area (Å²) < 4.78 is 1.31. The summed E-state index contributed by atoms with van der Waals surface area (Å²) in [6.45, 7) is 4.24. The van der Waals surface area contributed by atoms with Gasteiger partial charge in [0.1, 0.15) is 5.15 Å². The Morgan fingerprint density at radius 2 is 2.06 bits per heavy atom. The molecule has 0 aromatic carbocycles. The molecule has 1 heterocycles. The number of aromatic nitrogens is 2. The zero-order valence-electron chi connectivity index (χ0n) is 9.37. The van der Waals surface area contributed by atoms with Crippen LogP contribution in [0, 0.1) is 11.8 Å². The van der Waals surface area contributed by atoms with E-state index >= 15 is 0 Å². The summed E-state index contributed by atoms with van der Waals surface area (Å²) in [5.41, 5.74) is -0.705. The fourth-order valence-corrected chi connectivity index (χ4v) is 2.67. The lowest BCUT2D eigenvalue weighted by Crippen LogP contribution is -2.38. The van der Waals surface area contributed by atoms with E-state index in [-0.39, 0.29) is 16.8 Å². The van der Waals surface area contributed by atoms with E-state index in [0.717, 1.165) is 12.8 Å². The second-order valence-corrected chi connectivity index (χ2v) is 5.02. The summed E-state index contributed by atoms with van der Waals surface area (Å²) in [6.07, 6.45) is 1.94. The summed E-state index contributed by atoms with van der Waals surface area (Å²) in [5.74, 6) is 0.895. The van der Waals surface area contributed by atoms with Gasteiger partial charge in [-0.05, 0) is 24.7 Å². The van der Waals surface area contributed by atoms with E-state index < -0.39 is 5.69 Å². The molecule has 0 amide bonds. The molecular formula is C11H15ClN2O2. The highest BCUT2D eigenvalue weighted by Gasteiger charge is 2.32. The first kappa shape index (κ1) is 11.5. The summed E-state index contributed by atoms with van der Waals surface area (Å²) >= 11 is 5.63. The van der Waals surface area contributed by atoms with Crippen molar-refractivity contribution in [1.29, 1.82) is 0 Å². The van der Waals surface area contributed by atoms with Crippen LogP contribution in [-0.2, 0) is 0 Å². The van der Waals surface area contributed by atoms with E-state index in [4.69, 9.17) is 11.6 Å². The Labute approximate surface area is 98.3 Å². The van der Waals surface area contributed by atoms with Gasteiger partial charge in [0.15, 0.2) is 0 Å². The number of H-pyrrole nitrogens is 1. The maximum atomic E-state index is 11.8. The van der Waals surface area contributed by atoms with Crippen LogP contribution < -0.4 is 11.2 Å². The van der Waals surface area contributed by atoms with Gasteiger partial charge in [-0.2, -0.15) is 0 Å². The highest BCUT2D eigenvalue weighted by molar-refractivity contribution is 6.29. The minimum absolute atomic E-state index is 0.00326. The molecule has 1 N–H and O–H groups in total. The average molecular weight is 243 g/mol. The van der Waals surface area contributed by atoms with E-state index in [0.29, 0.717) is 11.8 Å². The van der Waals surface area contributed by atoms with Gasteiger partial charge in [-0.15, -0.1) is 0 Å². The Kier molecular flexibility index (Phi) is 2.93. The second-order valence-electron chi connectivity index (χ2n) is 4.61. The minimum atomic E-state index is -0.400. The van der Waals surface area contributed by atoms with Crippen molar-refractivity contribution in [1.82, 2.24) is 9.55 Å². The van der Waals surface area contributed by atoms with Crippen LogP contribution in [0.4, 0.5) is 0 Å². The van der Waals surface area contributed by atoms with Crippen molar-refractivity contribution >= 4 is 11.6 Å². The quantitative estimate of drug-likeness (QED) is 0.764. The van der Waals surface area contributed by atoms with E-state index in [1.165, 1.54) is 10.6 Å². The van der Waals surface area contributed by atoms with E-state index in [2.05, 4.69) is 18.8 Å². The molecule has 0 spiro atoms. The molecule has 0 bridgehead atoms. The van der Waals surface area contributed by atoms with Gasteiger partial charge in [0, 0.05) is 12.1 Å². The van der Waals surface area contributed by atoms with Crippen LogP contribution in [0.3, 0.4) is 0 Å². The highest BCUT2D eigenvalue weighted by atomic mass is 35.5. The van der Waals surface area contributed by atoms with Crippen molar-refractivity contribution in [3.05, 3.63) is 32.1 Å². The van der Waals surface area contributed by atoms with Gasteiger partial charge in [-0.3, -0.25) is 14.3 Å². The molecule has 3 unspecified atom stereocenters. The van der Waals surface area contributed by atoms with Crippen molar-refractivity contribution in [2.45, 2.75) is 32.7 Å². The lowest BCUT2D eigenvalue weighted by Gasteiger charge is -2.19. The van der Waals surface area contributed by atoms with Crippen molar-refractivity contribution in [2.24, 2.45) is 11.8 Å². The minimum Gasteiger partial charge on any atom is -0.298 e. The zero-order chi connectivity index (χ0) is 11.9. The summed E-state index contributed by atoms with van der Waals surface area (Å²) in [7, 11) is 0. The molecule has 1 aliphatic rings. The van der Waals surface area contributed by atoms with Crippen molar-refractivity contribution < 1.29 is 0 Å². The molecule has 88 valence electrons. The van der Waals surface area contributed by atoms with Gasteiger partial charge in [0.25, 0.3) is 5.56 Å². The molecule has 16 heavy (non-hydrogen) atoms. The van der Waals surface area contributed by atoms with Gasteiger partial charge >= 0.3 is 5.69 Å². The Bertz CT molecular complexity index is 474. The first-order valence-corrected chi connectivity index (χ1v) is 5.90. The fourth-order valence-electron chi connectivity index (χ4n) is 2.49. The normalized spacial score (nSPS) is 29.6. The topological polar surface area (TPSA) is 54.9 Å². The van der Waals surface area contributed by atoms with Crippen LogP contribution in [0.25, 0.3) is 0 Å². The van der Waals surface area contributed by atoms with Crippen molar-refractivity contribution in [2.75, 3.05) is 0 Å². The third-order valence-electron chi connectivity index (χ3n) is 3.69. The van der Waals surface area contributed by atoms with Gasteiger partial charge in [-0.25, -0.2) is 4.79 Å². The number of rotatable bonds is 1. The third-order valence-corrected chi connectivity index (χ3v) is 3.89. The SMILES string of the molecule is CC1CCC(n2c(=O)cc(Cl)[nH]c2=O)C1C. The largest absolute Gasteiger partial charge is 0.329 e. The molecule has 0 radical (unpaired) electrons. The van der Waals surface area contributed by atoms with E-state index in [1.54, 1.807) is 0 Å². The van der Waals surface area contributed by atoms with Crippen molar-refractivity contribution in [3.8, 4) is 0 Å². The van der Waals surface area contributed by atoms with Crippen LogP contribution in [0.1, 0.15) is 32.7 Å². The van der Waals surface area contributed by atoms with Crippen LogP contribution >= 0.6 is 11.6 Å². The molecule has 4 nitrogen and oxygen atoms in total. The molecular weight excluding hydrogens is 228 g/mol. The first-order chi connectivity index (χ1) is 7.50. The highest BCUT2D eigenvalue weighted by Crippen LogP contribution is 2.38. The molecule has 1 saturated carbocycles. The first-order valence-electron chi connectivity index (χ1n) is 5.52. The number of hydrogen-bond donors (Lipinski definition) is 1. The molecule has 0 saturated heterocycles. The molecule has 1 aliphatic carbocycles. The second kappa shape index (κ2) is 4.09.